The summed E-state index contributed by atoms with van der Waals surface area (Å²) in [5.41, 5.74) is 0.177. The van der Waals surface area contributed by atoms with E-state index < -0.39 is 11.6 Å². The highest BCUT2D eigenvalue weighted by atomic mass is 79.9. The quantitative estimate of drug-likeness (QED) is 0.750. The number of hydrogen-bond acceptors (Lipinski definition) is 1. The molecule has 88 valence electrons. The van der Waals surface area contributed by atoms with Gasteiger partial charge in [0, 0.05) is 12.1 Å². The predicted octanol–water partition coefficient (Wildman–Crippen LogP) is 3.71. The third-order valence-electron chi connectivity index (χ3n) is 2.97. The van der Waals surface area contributed by atoms with Crippen molar-refractivity contribution in [3.63, 3.8) is 0 Å². The number of rotatable bonds is 2. The fraction of sp³-hybridized carbons (Fsp3) is 0.500. The maximum atomic E-state index is 13.7. The van der Waals surface area contributed by atoms with Gasteiger partial charge in [0.2, 0.25) is 0 Å². The first kappa shape index (κ1) is 12.0. The van der Waals surface area contributed by atoms with Crippen LogP contribution in [0.3, 0.4) is 0 Å². The summed E-state index contributed by atoms with van der Waals surface area (Å²) in [5, 5.41) is 0. The molecule has 1 aromatic carbocycles. The molecule has 4 heteroatoms. The van der Waals surface area contributed by atoms with Crippen LogP contribution in [0.25, 0.3) is 0 Å². The number of benzene rings is 1. The number of hydrogen-bond donors (Lipinski definition) is 0. The van der Waals surface area contributed by atoms with E-state index in [4.69, 9.17) is 0 Å². The van der Waals surface area contributed by atoms with Gasteiger partial charge in [0.1, 0.15) is 11.6 Å². The van der Waals surface area contributed by atoms with Crippen LogP contribution in [0.1, 0.15) is 24.8 Å². The van der Waals surface area contributed by atoms with E-state index in [-0.39, 0.29) is 5.56 Å². The number of halogens is 3. The van der Waals surface area contributed by atoms with Crippen molar-refractivity contribution in [1.82, 2.24) is 4.90 Å². The second kappa shape index (κ2) is 5.23. The second-order valence-electron chi connectivity index (χ2n) is 4.16. The largest absolute Gasteiger partial charge is 0.299 e. The zero-order valence-corrected chi connectivity index (χ0v) is 10.6. The van der Waals surface area contributed by atoms with Crippen LogP contribution in [0, 0.1) is 11.6 Å². The van der Waals surface area contributed by atoms with Gasteiger partial charge in [-0.2, -0.15) is 0 Å². The van der Waals surface area contributed by atoms with E-state index in [2.05, 4.69) is 20.8 Å². The SMILES string of the molecule is Fc1ccc(Br)c(F)c1CN1CCCCC1. The van der Waals surface area contributed by atoms with E-state index in [1.807, 2.05) is 0 Å². The van der Waals surface area contributed by atoms with Crippen molar-refractivity contribution in [1.29, 1.82) is 0 Å². The van der Waals surface area contributed by atoms with Crippen molar-refractivity contribution in [2.24, 2.45) is 0 Å². The number of likely N-dealkylation sites (tertiary alicyclic amines) is 1. The number of piperidine rings is 1. The highest BCUT2D eigenvalue weighted by Gasteiger charge is 2.17. The van der Waals surface area contributed by atoms with Crippen LogP contribution in [0.4, 0.5) is 8.78 Å². The molecule has 1 saturated heterocycles. The van der Waals surface area contributed by atoms with E-state index in [1.54, 1.807) is 0 Å². The summed E-state index contributed by atoms with van der Waals surface area (Å²) in [7, 11) is 0. The predicted molar refractivity (Wildman–Crippen MR) is 63.2 cm³/mol. The first-order valence-corrected chi connectivity index (χ1v) is 6.32. The molecule has 1 heterocycles. The summed E-state index contributed by atoms with van der Waals surface area (Å²) in [4.78, 5) is 2.11. The van der Waals surface area contributed by atoms with Gasteiger partial charge in [0.15, 0.2) is 0 Å². The topological polar surface area (TPSA) is 3.24 Å². The van der Waals surface area contributed by atoms with E-state index >= 15 is 0 Å². The van der Waals surface area contributed by atoms with Crippen LogP contribution in [0.15, 0.2) is 16.6 Å². The van der Waals surface area contributed by atoms with E-state index in [9.17, 15) is 8.78 Å². The third kappa shape index (κ3) is 2.61. The van der Waals surface area contributed by atoms with Gasteiger partial charge in [-0.15, -0.1) is 0 Å². The van der Waals surface area contributed by atoms with Gasteiger partial charge >= 0.3 is 0 Å². The lowest BCUT2D eigenvalue weighted by Crippen LogP contribution is -2.29. The molecule has 0 aromatic heterocycles. The second-order valence-corrected chi connectivity index (χ2v) is 5.01. The minimum Gasteiger partial charge on any atom is -0.299 e. The van der Waals surface area contributed by atoms with Crippen LogP contribution in [0.2, 0.25) is 0 Å². The smallest absolute Gasteiger partial charge is 0.144 e. The van der Waals surface area contributed by atoms with Crippen molar-refractivity contribution in [2.75, 3.05) is 13.1 Å². The van der Waals surface area contributed by atoms with Crippen molar-refractivity contribution in [2.45, 2.75) is 25.8 Å². The van der Waals surface area contributed by atoms with Gasteiger partial charge in [0.05, 0.1) is 4.47 Å². The molecular formula is C12H14BrF2N. The molecule has 0 unspecified atom stereocenters. The standard InChI is InChI=1S/C12H14BrF2N/c13-10-4-5-11(14)9(12(10)15)8-16-6-2-1-3-7-16/h4-5H,1-3,6-8H2. The van der Waals surface area contributed by atoms with E-state index in [0.717, 1.165) is 25.9 Å². The third-order valence-corrected chi connectivity index (χ3v) is 3.58. The fourth-order valence-electron chi connectivity index (χ4n) is 2.06. The molecule has 2 rings (SSSR count). The summed E-state index contributed by atoms with van der Waals surface area (Å²) in [6.45, 7) is 2.24. The van der Waals surface area contributed by atoms with Crippen molar-refractivity contribution in [3.8, 4) is 0 Å². The normalized spacial score (nSPS) is 17.7. The molecule has 0 N–H and O–H groups in total. The summed E-state index contributed by atoms with van der Waals surface area (Å²) in [5.74, 6) is -0.920. The highest BCUT2D eigenvalue weighted by Crippen LogP contribution is 2.23. The Kier molecular flexibility index (Phi) is 3.92. The maximum absolute atomic E-state index is 13.7. The summed E-state index contributed by atoms with van der Waals surface area (Å²) >= 11 is 3.08. The van der Waals surface area contributed by atoms with Crippen LogP contribution < -0.4 is 0 Å². The molecule has 0 amide bonds. The zero-order valence-electron chi connectivity index (χ0n) is 8.98. The molecular weight excluding hydrogens is 276 g/mol. The zero-order chi connectivity index (χ0) is 11.5. The van der Waals surface area contributed by atoms with Crippen LogP contribution in [-0.4, -0.2) is 18.0 Å². The molecule has 0 radical (unpaired) electrons. The molecule has 0 aliphatic carbocycles. The van der Waals surface area contributed by atoms with Gasteiger partial charge in [-0.25, -0.2) is 8.78 Å². The van der Waals surface area contributed by atoms with Crippen molar-refractivity contribution < 1.29 is 8.78 Å². The minimum atomic E-state index is -0.467. The lowest BCUT2D eigenvalue weighted by atomic mass is 10.1. The highest BCUT2D eigenvalue weighted by molar-refractivity contribution is 9.10. The van der Waals surface area contributed by atoms with Gasteiger partial charge in [0.25, 0.3) is 0 Å². The molecule has 16 heavy (non-hydrogen) atoms. The summed E-state index contributed by atoms with van der Waals surface area (Å²) < 4.78 is 27.5. The minimum absolute atomic E-state index is 0.177. The molecule has 1 aromatic rings. The summed E-state index contributed by atoms with van der Waals surface area (Å²) in [6.07, 6.45) is 3.47. The summed E-state index contributed by atoms with van der Waals surface area (Å²) in [6, 6.07) is 2.72. The van der Waals surface area contributed by atoms with Gasteiger partial charge < -0.3 is 0 Å². The monoisotopic (exact) mass is 289 g/mol. The Morgan fingerprint density at radius 1 is 1.12 bits per heavy atom. The van der Waals surface area contributed by atoms with Gasteiger partial charge in [-0.3, -0.25) is 4.90 Å². The Morgan fingerprint density at radius 3 is 2.50 bits per heavy atom. The Bertz CT molecular complexity index is 376. The average Bonchev–Trinajstić information content (AvgIpc) is 2.31. The Balaban J connectivity index is 2.16. The average molecular weight is 290 g/mol. The van der Waals surface area contributed by atoms with E-state index in [1.165, 1.54) is 18.6 Å². The molecule has 0 atom stereocenters. The van der Waals surface area contributed by atoms with Crippen LogP contribution in [0.5, 0.6) is 0 Å². The lowest BCUT2D eigenvalue weighted by molar-refractivity contribution is 0.215. The van der Waals surface area contributed by atoms with Crippen molar-refractivity contribution in [3.05, 3.63) is 33.8 Å². The number of nitrogens with zero attached hydrogens (tertiary/aromatic N) is 1. The van der Waals surface area contributed by atoms with Gasteiger partial charge in [-0.1, -0.05) is 6.42 Å². The molecule has 0 bridgehead atoms. The maximum Gasteiger partial charge on any atom is 0.144 e. The Labute approximate surface area is 103 Å². The fourth-order valence-corrected chi connectivity index (χ4v) is 2.43. The van der Waals surface area contributed by atoms with Crippen LogP contribution in [-0.2, 0) is 6.54 Å². The first-order valence-electron chi connectivity index (χ1n) is 5.53. The van der Waals surface area contributed by atoms with Gasteiger partial charge in [-0.05, 0) is 54.0 Å². The molecule has 0 spiro atoms. The van der Waals surface area contributed by atoms with Crippen molar-refractivity contribution >= 4 is 15.9 Å². The first-order chi connectivity index (χ1) is 7.68. The molecule has 1 nitrogen and oxygen atoms in total. The lowest BCUT2D eigenvalue weighted by Gasteiger charge is -2.26. The Hall–Kier alpha value is -0.480. The molecule has 1 fully saturated rings. The molecule has 1 aliphatic rings. The van der Waals surface area contributed by atoms with Crippen LogP contribution >= 0.6 is 15.9 Å². The van der Waals surface area contributed by atoms with E-state index in [0.29, 0.717) is 11.0 Å². The molecule has 0 saturated carbocycles. The Morgan fingerprint density at radius 2 is 1.81 bits per heavy atom. The molecule has 1 aliphatic heterocycles.